The molecule has 0 saturated carbocycles. The summed E-state index contributed by atoms with van der Waals surface area (Å²) in [5.41, 5.74) is 1.90. The molecule has 0 unspecified atom stereocenters. The number of aromatic nitrogens is 1. The molecule has 0 aliphatic carbocycles. The monoisotopic (exact) mass is 475 g/mol. The van der Waals surface area contributed by atoms with Crippen molar-refractivity contribution in [1.82, 2.24) is 10.3 Å². The van der Waals surface area contributed by atoms with Gasteiger partial charge in [-0.2, -0.15) is 13.6 Å². The standard InChI is InChI=1S/C22H25N3O5S2/c1-2-3-13-29-22(26)25-19(14-16-9-11-18(12-10-16)30-32(23,27)28)21-24-15-20(31-21)17-7-5-4-6-8-17/h4-12,15,19H,2-3,13-14H2,1H3,(H,25,26)(H2,23,27,28)/t19-/m0/s1. The molecule has 3 aromatic rings. The van der Waals surface area contributed by atoms with Gasteiger partial charge in [0.15, 0.2) is 0 Å². The number of benzene rings is 2. The summed E-state index contributed by atoms with van der Waals surface area (Å²) in [6.45, 7) is 2.37. The first kappa shape index (κ1) is 23.7. The van der Waals surface area contributed by atoms with Crippen molar-refractivity contribution in [3.05, 3.63) is 71.4 Å². The van der Waals surface area contributed by atoms with Crippen LogP contribution in [0.2, 0.25) is 0 Å². The minimum Gasteiger partial charge on any atom is -0.450 e. The molecule has 3 rings (SSSR count). The van der Waals surface area contributed by atoms with Crippen molar-refractivity contribution in [3.8, 4) is 16.2 Å². The van der Waals surface area contributed by atoms with Crippen LogP contribution in [0.3, 0.4) is 0 Å². The molecule has 0 bridgehead atoms. The fraction of sp³-hybridized carbons (Fsp3) is 0.273. The molecule has 0 fully saturated rings. The van der Waals surface area contributed by atoms with Crippen molar-refractivity contribution in [2.75, 3.05) is 6.61 Å². The summed E-state index contributed by atoms with van der Waals surface area (Å²) in [6, 6.07) is 15.9. The highest BCUT2D eigenvalue weighted by Gasteiger charge is 2.20. The number of carbonyl (C=O) groups is 1. The largest absolute Gasteiger partial charge is 0.450 e. The van der Waals surface area contributed by atoms with Gasteiger partial charge in [-0.1, -0.05) is 55.8 Å². The van der Waals surface area contributed by atoms with Crippen LogP contribution in [0.5, 0.6) is 5.75 Å². The van der Waals surface area contributed by atoms with E-state index in [2.05, 4.69) is 14.5 Å². The second-order valence-corrected chi connectivity index (χ2v) is 9.25. The highest BCUT2D eigenvalue weighted by atomic mass is 32.2. The predicted octanol–water partition coefficient (Wildman–Crippen LogP) is 4.20. The van der Waals surface area contributed by atoms with Crippen LogP contribution in [0.25, 0.3) is 10.4 Å². The molecule has 0 saturated heterocycles. The Labute approximate surface area is 191 Å². The normalized spacial score (nSPS) is 12.2. The fourth-order valence-electron chi connectivity index (χ4n) is 2.93. The number of rotatable bonds is 10. The van der Waals surface area contributed by atoms with Gasteiger partial charge in [-0.15, -0.1) is 11.3 Å². The average molecular weight is 476 g/mol. The minimum atomic E-state index is -4.09. The van der Waals surface area contributed by atoms with Gasteiger partial charge in [0.25, 0.3) is 0 Å². The number of alkyl carbamates (subject to hydrolysis) is 1. The zero-order valence-electron chi connectivity index (χ0n) is 17.6. The Morgan fingerprint density at radius 2 is 1.88 bits per heavy atom. The van der Waals surface area contributed by atoms with E-state index >= 15 is 0 Å². The first-order valence-electron chi connectivity index (χ1n) is 10.1. The highest BCUT2D eigenvalue weighted by molar-refractivity contribution is 7.84. The third kappa shape index (κ3) is 7.33. The SMILES string of the molecule is CCCCOC(=O)N[C@@H](Cc1ccc(OS(N)(=O)=O)cc1)c1ncc(-c2ccccc2)s1. The molecule has 0 aliphatic rings. The summed E-state index contributed by atoms with van der Waals surface area (Å²) in [4.78, 5) is 17.8. The van der Waals surface area contributed by atoms with Crippen molar-refractivity contribution in [2.45, 2.75) is 32.2 Å². The number of nitrogens with one attached hydrogen (secondary N) is 1. The molecule has 2 aromatic carbocycles. The lowest BCUT2D eigenvalue weighted by atomic mass is 10.1. The van der Waals surface area contributed by atoms with Crippen LogP contribution in [0, 0.1) is 0 Å². The van der Waals surface area contributed by atoms with E-state index in [1.54, 1.807) is 18.3 Å². The summed E-state index contributed by atoms with van der Waals surface area (Å²) in [5.74, 6) is 0.111. The maximum atomic E-state index is 12.3. The van der Waals surface area contributed by atoms with Crippen LogP contribution in [0.15, 0.2) is 60.8 Å². The van der Waals surface area contributed by atoms with E-state index in [0.29, 0.717) is 13.0 Å². The van der Waals surface area contributed by atoms with Crippen molar-refractivity contribution in [1.29, 1.82) is 0 Å². The third-order valence-electron chi connectivity index (χ3n) is 4.48. The van der Waals surface area contributed by atoms with Crippen molar-refractivity contribution in [2.24, 2.45) is 5.14 Å². The van der Waals surface area contributed by atoms with Crippen LogP contribution < -0.4 is 14.6 Å². The zero-order chi connectivity index (χ0) is 23.0. The van der Waals surface area contributed by atoms with E-state index in [9.17, 15) is 13.2 Å². The Morgan fingerprint density at radius 3 is 2.53 bits per heavy atom. The predicted molar refractivity (Wildman–Crippen MR) is 124 cm³/mol. The number of carbonyl (C=O) groups excluding carboxylic acids is 1. The second kappa shape index (κ2) is 11.1. The van der Waals surface area contributed by atoms with Gasteiger partial charge in [0.2, 0.25) is 0 Å². The van der Waals surface area contributed by atoms with Gasteiger partial charge in [0.05, 0.1) is 17.5 Å². The van der Waals surface area contributed by atoms with E-state index in [0.717, 1.165) is 33.9 Å². The van der Waals surface area contributed by atoms with E-state index < -0.39 is 22.4 Å². The molecule has 8 nitrogen and oxygen atoms in total. The van der Waals surface area contributed by atoms with Crippen LogP contribution in [-0.4, -0.2) is 26.1 Å². The number of hydrogen-bond acceptors (Lipinski definition) is 7. The van der Waals surface area contributed by atoms with Crippen molar-refractivity contribution in [3.63, 3.8) is 0 Å². The lowest BCUT2D eigenvalue weighted by Crippen LogP contribution is -2.30. The van der Waals surface area contributed by atoms with Gasteiger partial charge < -0.3 is 14.2 Å². The number of ether oxygens (including phenoxy) is 1. The summed E-state index contributed by atoms with van der Waals surface area (Å²) in [7, 11) is -4.09. The maximum absolute atomic E-state index is 12.3. The second-order valence-electron chi connectivity index (χ2n) is 7.04. The molecule has 1 aromatic heterocycles. The first-order valence-corrected chi connectivity index (χ1v) is 12.4. The molecule has 1 atom stereocenters. The quantitative estimate of drug-likeness (QED) is 0.424. The van der Waals surface area contributed by atoms with Gasteiger partial charge in [-0.3, -0.25) is 0 Å². The van der Waals surface area contributed by atoms with Gasteiger partial charge >= 0.3 is 16.4 Å². The van der Waals surface area contributed by atoms with Crippen LogP contribution in [-0.2, 0) is 21.5 Å². The topological polar surface area (TPSA) is 121 Å². The molecule has 170 valence electrons. The smallest absolute Gasteiger partial charge is 0.407 e. The first-order chi connectivity index (χ1) is 15.3. The molecule has 32 heavy (non-hydrogen) atoms. The Bertz CT molecular complexity index is 1120. The molecule has 1 amide bonds. The van der Waals surface area contributed by atoms with Crippen LogP contribution in [0.1, 0.15) is 36.4 Å². The van der Waals surface area contributed by atoms with Gasteiger partial charge in [0, 0.05) is 6.20 Å². The molecule has 0 radical (unpaired) electrons. The molecule has 3 N–H and O–H groups in total. The number of nitrogens with two attached hydrogens (primary N) is 1. The lowest BCUT2D eigenvalue weighted by molar-refractivity contribution is 0.140. The Balaban J connectivity index is 1.78. The maximum Gasteiger partial charge on any atom is 0.407 e. The van der Waals surface area contributed by atoms with Crippen LogP contribution in [0.4, 0.5) is 4.79 Å². The van der Waals surface area contributed by atoms with E-state index in [-0.39, 0.29) is 5.75 Å². The summed E-state index contributed by atoms with van der Waals surface area (Å²) < 4.78 is 32.1. The number of thiazole rings is 1. The molecule has 10 heteroatoms. The van der Waals surface area contributed by atoms with E-state index in [1.165, 1.54) is 23.5 Å². The van der Waals surface area contributed by atoms with Crippen molar-refractivity contribution < 1.29 is 22.1 Å². The zero-order valence-corrected chi connectivity index (χ0v) is 19.2. The highest BCUT2D eigenvalue weighted by Crippen LogP contribution is 2.31. The third-order valence-corrected chi connectivity index (χ3v) is 6.06. The summed E-state index contributed by atoms with van der Waals surface area (Å²) >= 11 is 1.49. The molecule has 0 spiro atoms. The number of unbranched alkanes of at least 4 members (excludes halogenated alkanes) is 1. The van der Waals surface area contributed by atoms with Crippen LogP contribution >= 0.6 is 11.3 Å². The molecule has 0 aliphatic heterocycles. The lowest BCUT2D eigenvalue weighted by Gasteiger charge is -2.17. The van der Waals surface area contributed by atoms with E-state index in [4.69, 9.17) is 9.88 Å². The van der Waals surface area contributed by atoms with E-state index in [1.807, 2.05) is 37.3 Å². The Kier molecular flexibility index (Phi) is 8.20. The van der Waals surface area contributed by atoms with Gasteiger partial charge in [0.1, 0.15) is 10.8 Å². The van der Waals surface area contributed by atoms with Crippen molar-refractivity contribution >= 4 is 27.7 Å². The summed E-state index contributed by atoms with van der Waals surface area (Å²) in [5, 5.41) is 8.53. The number of amides is 1. The Morgan fingerprint density at radius 1 is 1.16 bits per heavy atom. The Hall–Kier alpha value is -2.95. The average Bonchev–Trinajstić information content (AvgIpc) is 3.25. The summed E-state index contributed by atoms with van der Waals surface area (Å²) in [6.07, 6.45) is 3.43. The number of nitrogens with zero attached hydrogens (tertiary/aromatic N) is 1. The molecular formula is C22H25N3O5S2. The van der Waals surface area contributed by atoms with Gasteiger partial charge in [-0.05, 0) is 36.1 Å². The van der Waals surface area contributed by atoms with Gasteiger partial charge in [-0.25, -0.2) is 9.78 Å². The molecule has 1 heterocycles. The minimum absolute atomic E-state index is 0.111. The number of hydrogen-bond donors (Lipinski definition) is 2. The fourth-order valence-corrected chi connectivity index (χ4v) is 4.28. The molecular weight excluding hydrogens is 450 g/mol.